The maximum absolute atomic E-state index is 12.5. The van der Waals surface area contributed by atoms with Crippen molar-refractivity contribution in [2.45, 2.75) is 19.8 Å². The van der Waals surface area contributed by atoms with Crippen LogP contribution in [0.25, 0.3) is 0 Å². The summed E-state index contributed by atoms with van der Waals surface area (Å²) in [6.45, 7) is 2.17. The second-order valence-corrected chi connectivity index (χ2v) is 6.47. The average molecular weight is 363 g/mol. The molecule has 1 aromatic carbocycles. The molecule has 1 fully saturated rings. The molecular weight excluding hydrogens is 342 g/mol. The van der Waals surface area contributed by atoms with Crippen LogP contribution in [-0.2, 0) is 9.59 Å². The molecule has 0 saturated carbocycles. The van der Waals surface area contributed by atoms with Crippen molar-refractivity contribution in [3.05, 3.63) is 39.4 Å². The van der Waals surface area contributed by atoms with Gasteiger partial charge in [-0.2, -0.15) is 0 Å². The van der Waals surface area contributed by atoms with Crippen molar-refractivity contribution in [2.24, 2.45) is 5.92 Å². The summed E-state index contributed by atoms with van der Waals surface area (Å²) in [5, 5.41) is 19.9. The zero-order chi connectivity index (χ0) is 19.4. The van der Waals surface area contributed by atoms with Crippen molar-refractivity contribution < 1.29 is 24.4 Å². The number of nitro benzene ring substituents is 1. The van der Waals surface area contributed by atoms with Crippen LogP contribution in [0.15, 0.2) is 18.2 Å². The quantitative estimate of drug-likeness (QED) is 0.622. The summed E-state index contributed by atoms with van der Waals surface area (Å²) in [7, 11) is 1.46. The Hall–Kier alpha value is -2.97. The lowest BCUT2D eigenvalue weighted by molar-refractivity contribution is -0.384. The number of hydrogen-bond donors (Lipinski definition) is 1. The lowest BCUT2D eigenvalue weighted by Crippen LogP contribution is -2.45. The molecule has 0 atom stereocenters. The highest BCUT2D eigenvalue weighted by Gasteiger charge is 2.28. The summed E-state index contributed by atoms with van der Waals surface area (Å²) < 4.78 is 0. The van der Waals surface area contributed by atoms with Crippen LogP contribution in [-0.4, -0.2) is 64.3 Å². The number of carboxylic acid groups (broad SMARTS) is 1. The van der Waals surface area contributed by atoms with Crippen LogP contribution >= 0.6 is 0 Å². The van der Waals surface area contributed by atoms with E-state index >= 15 is 0 Å². The molecule has 0 aliphatic carbocycles. The van der Waals surface area contributed by atoms with E-state index in [0.717, 1.165) is 0 Å². The molecule has 140 valence electrons. The number of non-ortho nitro benzene ring substituents is 1. The molecule has 2 amide bonds. The minimum atomic E-state index is -0.856. The second kappa shape index (κ2) is 7.94. The number of carbonyl (C=O) groups excluding carboxylic acids is 2. The molecule has 0 spiro atoms. The van der Waals surface area contributed by atoms with Gasteiger partial charge >= 0.3 is 5.97 Å². The fourth-order valence-electron chi connectivity index (χ4n) is 2.96. The Morgan fingerprint density at radius 2 is 1.88 bits per heavy atom. The van der Waals surface area contributed by atoms with Gasteiger partial charge in [-0.15, -0.1) is 0 Å². The molecule has 1 aliphatic heterocycles. The second-order valence-electron chi connectivity index (χ2n) is 6.47. The molecule has 0 radical (unpaired) electrons. The molecule has 0 bridgehead atoms. The van der Waals surface area contributed by atoms with Gasteiger partial charge in [-0.1, -0.05) is 0 Å². The summed E-state index contributed by atoms with van der Waals surface area (Å²) in [6.07, 6.45) is 0.783. The summed E-state index contributed by atoms with van der Waals surface area (Å²) in [4.78, 5) is 48.9. The summed E-state index contributed by atoms with van der Waals surface area (Å²) >= 11 is 0. The van der Waals surface area contributed by atoms with Gasteiger partial charge in [0.1, 0.15) is 0 Å². The van der Waals surface area contributed by atoms with Gasteiger partial charge < -0.3 is 14.9 Å². The van der Waals surface area contributed by atoms with E-state index in [1.807, 2.05) is 0 Å². The average Bonchev–Trinajstić information content (AvgIpc) is 2.60. The molecule has 2 rings (SSSR count). The number of carboxylic acids is 1. The van der Waals surface area contributed by atoms with Gasteiger partial charge in [0, 0.05) is 37.8 Å². The van der Waals surface area contributed by atoms with Gasteiger partial charge in [0.15, 0.2) is 0 Å². The van der Waals surface area contributed by atoms with Gasteiger partial charge in [0.2, 0.25) is 5.91 Å². The van der Waals surface area contributed by atoms with E-state index in [9.17, 15) is 24.5 Å². The molecule has 9 nitrogen and oxygen atoms in total. The normalized spacial score (nSPS) is 14.8. The third kappa shape index (κ3) is 4.56. The van der Waals surface area contributed by atoms with E-state index in [0.29, 0.717) is 31.5 Å². The van der Waals surface area contributed by atoms with E-state index in [1.54, 1.807) is 11.8 Å². The smallest absolute Gasteiger partial charge is 0.306 e. The first-order chi connectivity index (χ1) is 12.2. The molecular formula is C17H21N3O6. The minimum absolute atomic E-state index is 0.150. The number of nitrogens with zero attached hydrogens (tertiary/aromatic N) is 3. The van der Waals surface area contributed by atoms with Crippen molar-refractivity contribution in [1.29, 1.82) is 0 Å². The van der Waals surface area contributed by atoms with Gasteiger partial charge in [-0.25, -0.2) is 0 Å². The van der Waals surface area contributed by atoms with E-state index in [4.69, 9.17) is 5.11 Å². The maximum Gasteiger partial charge on any atom is 0.306 e. The van der Waals surface area contributed by atoms with Crippen molar-refractivity contribution >= 4 is 23.5 Å². The van der Waals surface area contributed by atoms with Crippen LogP contribution in [0, 0.1) is 23.0 Å². The van der Waals surface area contributed by atoms with Gasteiger partial charge in [0.05, 0.1) is 17.4 Å². The first-order valence-electron chi connectivity index (χ1n) is 8.21. The predicted octanol–water partition coefficient (Wildman–Crippen LogP) is 1.30. The first kappa shape index (κ1) is 19.4. The third-order valence-electron chi connectivity index (χ3n) is 4.44. The molecule has 0 aromatic heterocycles. The van der Waals surface area contributed by atoms with E-state index < -0.39 is 22.7 Å². The van der Waals surface area contributed by atoms with Crippen LogP contribution in [0.3, 0.4) is 0 Å². The number of likely N-dealkylation sites (tertiary alicyclic amines) is 1. The lowest BCUT2D eigenvalue weighted by Gasteiger charge is -2.31. The maximum atomic E-state index is 12.5. The largest absolute Gasteiger partial charge is 0.481 e. The number of rotatable bonds is 5. The minimum Gasteiger partial charge on any atom is -0.481 e. The number of hydrogen-bond acceptors (Lipinski definition) is 5. The SMILES string of the molecule is Cc1cc(C(=O)N(C)CC(=O)N2CCC(C(=O)O)CC2)cc([N+](=O)[O-])c1. The number of aryl methyl sites for hydroxylation is 1. The molecule has 1 saturated heterocycles. The number of carbonyl (C=O) groups is 3. The van der Waals surface area contributed by atoms with Crippen LogP contribution in [0.5, 0.6) is 0 Å². The Kier molecular flexibility index (Phi) is 5.91. The summed E-state index contributed by atoms with van der Waals surface area (Å²) in [5.41, 5.74) is 0.554. The van der Waals surface area contributed by atoms with E-state index in [-0.39, 0.29) is 23.7 Å². The van der Waals surface area contributed by atoms with Crippen molar-refractivity contribution in [3.8, 4) is 0 Å². The molecule has 1 aromatic rings. The Labute approximate surface area is 150 Å². The van der Waals surface area contributed by atoms with Crippen molar-refractivity contribution in [3.63, 3.8) is 0 Å². The Bertz CT molecular complexity index is 740. The Morgan fingerprint density at radius 3 is 2.42 bits per heavy atom. The van der Waals surface area contributed by atoms with Crippen LogP contribution < -0.4 is 0 Å². The van der Waals surface area contributed by atoms with Gasteiger partial charge in [-0.05, 0) is 31.4 Å². The summed E-state index contributed by atoms with van der Waals surface area (Å²) in [5.74, 6) is -2.05. The molecule has 1 heterocycles. The zero-order valence-corrected chi connectivity index (χ0v) is 14.7. The third-order valence-corrected chi connectivity index (χ3v) is 4.44. The topological polar surface area (TPSA) is 121 Å². The molecule has 1 aliphatic rings. The predicted molar refractivity (Wildman–Crippen MR) is 91.7 cm³/mol. The number of piperidine rings is 1. The Morgan fingerprint density at radius 1 is 1.27 bits per heavy atom. The lowest BCUT2D eigenvalue weighted by atomic mass is 9.97. The molecule has 1 N–H and O–H groups in total. The standard InChI is InChI=1S/C17H21N3O6/c1-11-7-13(9-14(8-11)20(25)26)16(22)18(2)10-15(21)19-5-3-12(4-6-19)17(23)24/h7-9,12H,3-6,10H2,1-2H3,(H,23,24). The number of likely N-dealkylation sites (N-methyl/N-ethyl adjacent to an activating group) is 1. The van der Waals surface area contributed by atoms with E-state index in [1.165, 1.54) is 30.1 Å². The van der Waals surface area contributed by atoms with E-state index in [2.05, 4.69) is 0 Å². The first-order valence-corrected chi connectivity index (χ1v) is 8.21. The zero-order valence-electron chi connectivity index (χ0n) is 14.7. The molecule has 0 unspecified atom stereocenters. The number of benzene rings is 1. The van der Waals surface area contributed by atoms with Crippen LogP contribution in [0.4, 0.5) is 5.69 Å². The highest BCUT2D eigenvalue weighted by molar-refractivity contribution is 5.97. The number of nitro groups is 1. The highest BCUT2D eigenvalue weighted by atomic mass is 16.6. The fraction of sp³-hybridized carbons (Fsp3) is 0.471. The van der Waals surface area contributed by atoms with Crippen LogP contribution in [0.2, 0.25) is 0 Å². The van der Waals surface area contributed by atoms with Crippen LogP contribution in [0.1, 0.15) is 28.8 Å². The van der Waals surface area contributed by atoms with Crippen molar-refractivity contribution in [2.75, 3.05) is 26.7 Å². The number of aliphatic carboxylic acids is 1. The Balaban J connectivity index is 2.00. The van der Waals surface area contributed by atoms with Gasteiger partial charge in [0.25, 0.3) is 11.6 Å². The van der Waals surface area contributed by atoms with Crippen molar-refractivity contribution in [1.82, 2.24) is 9.80 Å². The monoisotopic (exact) mass is 363 g/mol. The summed E-state index contributed by atoms with van der Waals surface area (Å²) in [6, 6.07) is 4.10. The van der Waals surface area contributed by atoms with Gasteiger partial charge in [-0.3, -0.25) is 24.5 Å². The number of amides is 2. The fourth-order valence-corrected chi connectivity index (χ4v) is 2.96. The molecule has 9 heteroatoms. The molecule has 26 heavy (non-hydrogen) atoms. The highest BCUT2D eigenvalue weighted by Crippen LogP contribution is 2.19.